The average Bonchev–Trinajstić information content (AvgIpc) is 2.01. The largest absolute Gasteiger partial charge is 0.394 e. The van der Waals surface area contributed by atoms with Gasteiger partial charge in [0.2, 0.25) is 0 Å². The summed E-state index contributed by atoms with van der Waals surface area (Å²) in [5, 5.41) is 20.2. The van der Waals surface area contributed by atoms with Crippen LogP contribution in [-0.2, 0) is 9.84 Å². The van der Waals surface area contributed by atoms with E-state index in [4.69, 9.17) is 10.2 Å². The summed E-state index contributed by atoms with van der Waals surface area (Å²) in [5.74, 6) is 0.148. The van der Waals surface area contributed by atoms with Crippen LogP contribution in [0.25, 0.3) is 0 Å². The van der Waals surface area contributed by atoms with Crippen LogP contribution in [0.4, 0.5) is 0 Å². The van der Waals surface area contributed by atoms with Crippen molar-refractivity contribution in [2.75, 3.05) is 31.7 Å². The van der Waals surface area contributed by atoms with E-state index in [-0.39, 0.29) is 12.4 Å². The lowest BCUT2D eigenvalue weighted by Gasteiger charge is -2.07. The summed E-state index contributed by atoms with van der Waals surface area (Å²) in [5.41, 5.74) is 0. The Morgan fingerprint density at radius 3 is 2.54 bits per heavy atom. The molecule has 0 aromatic rings. The molecule has 0 aliphatic carbocycles. The molecule has 0 unspecified atom stereocenters. The van der Waals surface area contributed by atoms with Gasteiger partial charge in [-0.1, -0.05) is 0 Å². The van der Waals surface area contributed by atoms with Crippen LogP contribution in [0.3, 0.4) is 0 Å². The summed E-state index contributed by atoms with van der Waals surface area (Å²) in [7, 11) is -2.88. The van der Waals surface area contributed by atoms with Crippen molar-refractivity contribution in [2.45, 2.75) is 12.5 Å². The van der Waals surface area contributed by atoms with Gasteiger partial charge in [-0.05, 0) is 13.0 Å². The lowest BCUT2D eigenvalue weighted by Crippen LogP contribution is -2.30. The maximum absolute atomic E-state index is 10.7. The first-order chi connectivity index (χ1) is 5.95. The Bertz CT molecular complexity index is 215. The van der Waals surface area contributed by atoms with Gasteiger partial charge in [-0.2, -0.15) is 0 Å². The van der Waals surface area contributed by atoms with Crippen LogP contribution in [0.5, 0.6) is 0 Å². The number of aliphatic hydroxyl groups is 2. The normalized spacial score (nSPS) is 14.4. The molecule has 0 radical (unpaired) electrons. The topological polar surface area (TPSA) is 86.6 Å². The highest BCUT2D eigenvalue weighted by atomic mass is 32.2. The van der Waals surface area contributed by atoms with Crippen molar-refractivity contribution in [2.24, 2.45) is 0 Å². The predicted octanol–water partition coefficient (Wildman–Crippen LogP) is -1.64. The Labute approximate surface area is 78.7 Å². The van der Waals surface area contributed by atoms with Gasteiger partial charge in [0, 0.05) is 12.8 Å². The fraction of sp³-hybridized carbons (Fsp3) is 1.00. The zero-order valence-corrected chi connectivity index (χ0v) is 8.55. The molecule has 0 aromatic heterocycles. The van der Waals surface area contributed by atoms with Crippen LogP contribution in [0, 0.1) is 0 Å². The van der Waals surface area contributed by atoms with Crippen LogP contribution in [-0.4, -0.2) is 56.4 Å². The highest BCUT2D eigenvalue weighted by molar-refractivity contribution is 7.90. The van der Waals surface area contributed by atoms with E-state index in [1.165, 1.54) is 6.26 Å². The first kappa shape index (κ1) is 12.8. The third-order valence-corrected chi connectivity index (χ3v) is 2.49. The van der Waals surface area contributed by atoms with Gasteiger partial charge in [0.05, 0.1) is 18.5 Å². The third kappa shape index (κ3) is 9.75. The fourth-order valence-corrected chi connectivity index (χ4v) is 1.46. The number of aliphatic hydroxyl groups excluding tert-OH is 2. The first-order valence-corrected chi connectivity index (χ1v) is 6.19. The van der Waals surface area contributed by atoms with Crippen LogP contribution >= 0.6 is 0 Å². The van der Waals surface area contributed by atoms with Gasteiger partial charge in [-0.15, -0.1) is 0 Å². The molecular weight excluding hydrogens is 194 g/mol. The second-order valence-electron chi connectivity index (χ2n) is 3.02. The van der Waals surface area contributed by atoms with Gasteiger partial charge in [-0.3, -0.25) is 0 Å². The summed E-state index contributed by atoms with van der Waals surface area (Å²) in [6.45, 7) is 0.545. The van der Waals surface area contributed by atoms with E-state index < -0.39 is 15.9 Å². The van der Waals surface area contributed by atoms with Gasteiger partial charge >= 0.3 is 0 Å². The monoisotopic (exact) mass is 211 g/mol. The van der Waals surface area contributed by atoms with Crippen LogP contribution in [0.1, 0.15) is 6.42 Å². The molecule has 0 amide bonds. The Balaban J connectivity index is 3.27. The minimum absolute atomic E-state index is 0.148. The molecule has 0 saturated carbocycles. The van der Waals surface area contributed by atoms with E-state index in [2.05, 4.69) is 5.32 Å². The van der Waals surface area contributed by atoms with E-state index in [0.717, 1.165) is 0 Å². The molecule has 0 saturated heterocycles. The average molecular weight is 211 g/mol. The standard InChI is InChI=1S/C7H17NO4S/c1-13(11,12)4-2-3-8-5-7(10)6-9/h7-10H,2-6H2,1H3/t7-/m0/s1. The van der Waals surface area contributed by atoms with Crippen molar-refractivity contribution in [3.63, 3.8) is 0 Å². The Morgan fingerprint density at radius 1 is 1.46 bits per heavy atom. The fourth-order valence-electron chi connectivity index (χ4n) is 0.793. The molecule has 0 bridgehead atoms. The second kappa shape index (κ2) is 6.31. The molecule has 0 spiro atoms. The Hall–Kier alpha value is -0.170. The van der Waals surface area contributed by atoms with Crippen molar-refractivity contribution in [3.05, 3.63) is 0 Å². The summed E-state index contributed by atoms with van der Waals surface area (Å²) in [6.07, 6.45) is 0.949. The lowest BCUT2D eigenvalue weighted by atomic mass is 10.3. The number of hydrogen-bond donors (Lipinski definition) is 3. The number of nitrogens with one attached hydrogen (secondary N) is 1. The maximum Gasteiger partial charge on any atom is 0.147 e. The minimum atomic E-state index is -2.88. The Morgan fingerprint density at radius 2 is 2.08 bits per heavy atom. The molecule has 3 N–H and O–H groups in total. The van der Waals surface area contributed by atoms with Crippen LogP contribution < -0.4 is 5.32 Å². The van der Waals surface area contributed by atoms with Crippen LogP contribution in [0.2, 0.25) is 0 Å². The van der Waals surface area contributed by atoms with E-state index >= 15 is 0 Å². The molecule has 80 valence electrons. The molecule has 0 fully saturated rings. The molecule has 0 heterocycles. The number of sulfone groups is 1. The SMILES string of the molecule is CS(=O)(=O)CCCNC[C@H](O)CO. The molecule has 5 nitrogen and oxygen atoms in total. The summed E-state index contributed by atoms with van der Waals surface area (Å²) >= 11 is 0. The molecule has 0 aromatic carbocycles. The molecular formula is C7H17NO4S. The molecule has 13 heavy (non-hydrogen) atoms. The van der Waals surface area contributed by atoms with E-state index in [9.17, 15) is 8.42 Å². The molecule has 0 aliphatic rings. The van der Waals surface area contributed by atoms with Gasteiger partial charge in [0.1, 0.15) is 9.84 Å². The lowest BCUT2D eigenvalue weighted by molar-refractivity contribution is 0.0946. The van der Waals surface area contributed by atoms with Crippen molar-refractivity contribution in [1.82, 2.24) is 5.32 Å². The summed E-state index contributed by atoms with van der Waals surface area (Å²) in [6, 6.07) is 0. The third-order valence-electron chi connectivity index (χ3n) is 1.46. The highest BCUT2D eigenvalue weighted by Crippen LogP contribution is 1.87. The predicted molar refractivity (Wildman–Crippen MR) is 50.3 cm³/mol. The van der Waals surface area contributed by atoms with Crippen molar-refractivity contribution in [3.8, 4) is 0 Å². The van der Waals surface area contributed by atoms with Gasteiger partial charge in [-0.25, -0.2) is 8.42 Å². The maximum atomic E-state index is 10.7. The molecule has 0 aliphatic heterocycles. The van der Waals surface area contributed by atoms with Crippen LogP contribution in [0.15, 0.2) is 0 Å². The van der Waals surface area contributed by atoms with E-state index in [1.807, 2.05) is 0 Å². The second-order valence-corrected chi connectivity index (χ2v) is 5.28. The molecule has 0 rings (SSSR count). The zero-order chi connectivity index (χ0) is 10.3. The van der Waals surface area contributed by atoms with Crippen molar-refractivity contribution >= 4 is 9.84 Å². The Kier molecular flexibility index (Phi) is 6.23. The quantitative estimate of drug-likeness (QED) is 0.440. The van der Waals surface area contributed by atoms with Gasteiger partial charge in [0.15, 0.2) is 0 Å². The van der Waals surface area contributed by atoms with Crippen molar-refractivity contribution < 1.29 is 18.6 Å². The van der Waals surface area contributed by atoms with E-state index in [1.54, 1.807) is 0 Å². The minimum Gasteiger partial charge on any atom is -0.394 e. The van der Waals surface area contributed by atoms with Crippen molar-refractivity contribution in [1.29, 1.82) is 0 Å². The highest BCUT2D eigenvalue weighted by Gasteiger charge is 2.02. The first-order valence-electron chi connectivity index (χ1n) is 4.13. The smallest absolute Gasteiger partial charge is 0.147 e. The van der Waals surface area contributed by atoms with E-state index in [0.29, 0.717) is 19.5 Å². The summed E-state index contributed by atoms with van der Waals surface area (Å²) in [4.78, 5) is 0. The van der Waals surface area contributed by atoms with Gasteiger partial charge < -0.3 is 15.5 Å². The molecule has 1 atom stereocenters. The van der Waals surface area contributed by atoms with Gasteiger partial charge in [0.25, 0.3) is 0 Å². The number of rotatable bonds is 7. The summed E-state index contributed by atoms with van der Waals surface area (Å²) < 4.78 is 21.3. The molecule has 6 heteroatoms. The zero-order valence-electron chi connectivity index (χ0n) is 7.73. The number of hydrogen-bond acceptors (Lipinski definition) is 5.